The van der Waals surface area contributed by atoms with Crippen LogP contribution in [0.15, 0.2) is 54.6 Å². The molecule has 1 aromatic heterocycles. The van der Waals surface area contributed by atoms with Crippen LogP contribution >= 0.6 is 0 Å². The van der Waals surface area contributed by atoms with Gasteiger partial charge in [0.2, 0.25) is 5.91 Å². The molecule has 0 aliphatic carbocycles. The molecule has 7 nitrogen and oxygen atoms in total. The van der Waals surface area contributed by atoms with Crippen molar-refractivity contribution < 1.29 is 14.3 Å². The normalized spacial score (nSPS) is 21.2. The highest BCUT2D eigenvalue weighted by Crippen LogP contribution is 2.38. The maximum absolute atomic E-state index is 14.0. The van der Waals surface area contributed by atoms with Crippen LogP contribution in [-0.4, -0.2) is 53.6 Å². The van der Waals surface area contributed by atoms with E-state index in [0.717, 1.165) is 51.7 Å². The summed E-state index contributed by atoms with van der Waals surface area (Å²) in [6, 6.07) is 18.0. The molecule has 1 atom stereocenters. The number of nitrogens with one attached hydrogen (secondary N) is 2. The standard InChI is InChI=1S/C32H42N4O3/c1-23(2)27-22-39-29-13-7-5-11-26(29)30(37)33-17-9-8-14-32(31(38)34-27)15-18-36(19-16-32)21-25-20-24-10-4-6-12-28(24)35(25)3/h4-7,10-13,20,23,27H,8-9,14-19,21-22H2,1-3H3,(H,33,37)(H,34,38)/t27-/m1/s1. The van der Waals surface area contributed by atoms with Crippen LogP contribution in [0, 0.1) is 11.3 Å². The van der Waals surface area contributed by atoms with Gasteiger partial charge in [-0.3, -0.25) is 14.5 Å². The van der Waals surface area contributed by atoms with Crippen LogP contribution in [0.25, 0.3) is 10.9 Å². The van der Waals surface area contributed by atoms with E-state index < -0.39 is 5.41 Å². The molecule has 2 aliphatic rings. The van der Waals surface area contributed by atoms with Crippen LogP contribution < -0.4 is 15.4 Å². The topological polar surface area (TPSA) is 75.6 Å². The van der Waals surface area contributed by atoms with E-state index in [1.54, 1.807) is 6.07 Å². The van der Waals surface area contributed by atoms with Crippen LogP contribution in [-0.2, 0) is 18.4 Å². The van der Waals surface area contributed by atoms with Crippen LogP contribution in [0.3, 0.4) is 0 Å². The molecule has 7 heteroatoms. The Kier molecular flexibility index (Phi) is 8.26. The average molecular weight is 531 g/mol. The van der Waals surface area contributed by atoms with Gasteiger partial charge >= 0.3 is 0 Å². The maximum atomic E-state index is 14.0. The molecule has 2 aliphatic heterocycles. The van der Waals surface area contributed by atoms with Gasteiger partial charge in [-0.2, -0.15) is 0 Å². The van der Waals surface area contributed by atoms with E-state index in [9.17, 15) is 9.59 Å². The summed E-state index contributed by atoms with van der Waals surface area (Å²) in [6.45, 7) is 7.80. The number of likely N-dealkylation sites (tertiary alicyclic amines) is 1. The Morgan fingerprint density at radius 3 is 2.51 bits per heavy atom. The molecular weight excluding hydrogens is 488 g/mol. The zero-order valence-electron chi connectivity index (χ0n) is 23.5. The SMILES string of the molecule is CC(C)[C@H]1COc2ccccc2C(=O)NCCCCC2(CCN(Cc3cc4ccccc4n3C)CC2)C(=O)N1. The number of rotatable bonds is 3. The second-order valence-electron chi connectivity index (χ2n) is 11.7. The molecule has 39 heavy (non-hydrogen) atoms. The Hall–Kier alpha value is -3.32. The Morgan fingerprint density at radius 1 is 1.00 bits per heavy atom. The first-order valence-corrected chi connectivity index (χ1v) is 14.4. The van der Waals surface area contributed by atoms with Gasteiger partial charge in [0.05, 0.1) is 17.0 Å². The van der Waals surface area contributed by atoms with E-state index in [0.29, 0.717) is 24.5 Å². The van der Waals surface area contributed by atoms with Crippen molar-refractivity contribution in [3.8, 4) is 5.75 Å². The lowest BCUT2D eigenvalue weighted by Gasteiger charge is -2.42. The van der Waals surface area contributed by atoms with E-state index in [2.05, 4.69) is 71.3 Å². The van der Waals surface area contributed by atoms with Gasteiger partial charge in [0.25, 0.3) is 5.91 Å². The minimum atomic E-state index is -0.394. The molecule has 2 amide bonds. The summed E-state index contributed by atoms with van der Waals surface area (Å²) >= 11 is 0. The van der Waals surface area contributed by atoms with Crippen molar-refractivity contribution >= 4 is 22.7 Å². The molecule has 0 saturated carbocycles. The molecule has 2 N–H and O–H groups in total. The van der Waals surface area contributed by atoms with Crippen LogP contribution in [0.1, 0.15) is 62.0 Å². The van der Waals surface area contributed by atoms with Crippen LogP contribution in [0.4, 0.5) is 0 Å². The first-order valence-electron chi connectivity index (χ1n) is 14.4. The summed E-state index contributed by atoms with van der Waals surface area (Å²) < 4.78 is 8.42. The zero-order chi connectivity index (χ0) is 27.4. The van der Waals surface area contributed by atoms with Gasteiger partial charge in [0.1, 0.15) is 12.4 Å². The molecule has 3 heterocycles. The number of fused-ring (bicyclic) bond motifs is 2. The van der Waals surface area contributed by atoms with Crippen molar-refractivity contribution in [3.63, 3.8) is 0 Å². The van der Waals surface area contributed by atoms with E-state index >= 15 is 0 Å². The monoisotopic (exact) mass is 530 g/mol. The molecule has 5 rings (SSSR count). The molecule has 0 bridgehead atoms. The Morgan fingerprint density at radius 2 is 1.74 bits per heavy atom. The van der Waals surface area contributed by atoms with E-state index in [1.165, 1.54) is 16.6 Å². The molecule has 1 saturated heterocycles. The second-order valence-corrected chi connectivity index (χ2v) is 11.7. The van der Waals surface area contributed by atoms with Crippen molar-refractivity contribution in [2.45, 2.75) is 58.5 Å². The van der Waals surface area contributed by atoms with Gasteiger partial charge in [0.15, 0.2) is 0 Å². The van der Waals surface area contributed by atoms with Gasteiger partial charge < -0.3 is 19.9 Å². The number of ether oxygens (including phenoxy) is 1. The molecule has 2 aromatic carbocycles. The summed E-state index contributed by atoms with van der Waals surface area (Å²) in [5.41, 5.74) is 2.70. The lowest BCUT2D eigenvalue weighted by Crippen LogP contribution is -2.53. The first-order chi connectivity index (χ1) is 18.9. The first kappa shape index (κ1) is 27.3. The number of benzene rings is 2. The smallest absolute Gasteiger partial charge is 0.255 e. The number of aromatic nitrogens is 1. The summed E-state index contributed by atoms with van der Waals surface area (Å²) in [5.74, 6) is 0.808. The Bertz CT molecular complexity index is 1310. The third-order valence-corrected chi connectivity index (χ3v) is 8.77. The van der Waals surface area contributed by atoms with Crippen molar-refractivity contribution in [2.75, 3.05) is 26.2 Å². The minimum absolute atomic E-state index is 0.107. The van der Waals surface area contributed by atoms with Crippen LogP contribution in [0.5, 0.6) is 5.75 Å². The third kappa shape index (κ3) is 5.98. The maximum Gasteiger partial charge on any atom is 0.255 e. The van der Waals surface area contributed by atoms with E-state index in [-0.39, 0.29) is 23.8 Å². The zero-order valence-corrected chi connectivity index (χ0v) is 23.5. The lowest BCUT2D eigenvalue weighted by atomic mass is 9.73. The van der Waals surface area contributed by atoms with Crippen molar-refractivity contribution in [1.29, 1.82) is 0 Å². The summed E-state index contributed by atoms with van der Waals surface area (Å²) in [5, 5.41) is 7.70. The lowest BCUT2D eigenvalue weighted by molar-refractivity contribution is -0.136. The molecule has 208 valence electrons. The van der Waals surface area contributed by atoms with Gasteiger partial charge in [-0.15, -0.1) is 0 Å². The highest BCUT2D eigenvalue weighted by Gasteiger charge is 2.42. The van der Waals surface area contributed by atoms with Crippen molar-refractivity contribution in [3.05, 3.63) is 65.9 Å². The Labute approximate surface area is 231 Å². The highest BCUT2D eigenvalue weighted by molar-refractivity contribution is 5.96. The summed E-state index contributed by atoms with van der Waals surface area (Å²) in [7, 11) is 2.14. The van der Waals surface area contributed by atoms with Gasteiger partial charge in [-0.05, 0) is 74.3 Å². The number of piperidine rings is 1. The summed E-state index contributed by atoms with van der Waals surface area (Å²) in [6.07, 6.45) is 4.25. The number of para-hydroxylation sites is 2. The van der Waals surface area contributed by atoms with Gasteiger partial charge in [0, 0.05) is 31.3 Å². The largest absolute Gasteiger partial charge is 0.491 e. The minimum Gasteiger partial charge on any atom is -0.491 e. The number of amides is 2. The molecular formula is C32H42N4O3. The predicted octanol–water partition coefficient (Wildman–Crippen LogP) is 4.89. The van der Waals surface area contributed by atoms with Gasteiger partial charge in [-0.1, -0.05) is 50.6 Å². The second kappa shape index (κ2) is 11.8. The number of carbonyl (C=O) groups excluding carboxylic acids is 2. The molecule has 0 unspecified atom stereocenters. The predicted molar refractivity (Wildman–Crippen MR) is 155 cm³/mol. The molecule has 3 aromatic rings. The van der Waals surface area contributed by atoms with Crippen LogP contribution in [0.2, 0.25) is 0 Å². The number of hydrogen-bond donors (Lipinski definition) is 2. The third-order valence-electron chi connectivity index (χ3n) is 8.77. The number of carbonyl (C=O) groups is 2. The molecule has 1 spiro atoms. The summed E-state index contributed by atoms with van der Waals surface area (Å²) in [4.78, 5) is 29.3. The molecule has 0 radical (unpaired) electrons. The van der Waals surface area contributed by atoms with E-state index in [4.69, 9.17) is 4.74 Å². The van der Waals surface area contributed by atoms with Crippen molar-refractivity contribution in [2.24, 2.45) is 18.4 Å². The quantitative estimate of drug-likeness (QED) is 0.506. The van der Waals surface area contributed by atoms with Gasteiger partial charge in [-0.25, -0.2) is 0 Å². The highest BCUT2D eigenvalue weighted by atomic mass is 16.5. The fraction of sp³-hybridized carbons (Fsp3) is 0.500. The number of aryl methyl sites for hydroxylation is 1. The number of nitrogens with zero attached hydrogens (tertiary/aromatic N) is 2. The average Bonchev–Trinajstić information content (AvgIpc) is 3.26. The van der Waals surface area contributed by atoms with E-state index in [1.807, 2.05) is 18.2 Å². The number of hydrogen-bond acceptors (Lipinski definition) is 4. The Balaban J connectivity index is 1.30. The molecule has 1 fully saturated rings. The fourth-order valence-electron chi connectivity index (χ4n) is 6.02. The van der Waals surface area contributed by atoms with Crippen molar-refractivity contribution in [1.82, 2.24) is 20.1 Å². The fourth-order valence-corrected chi connectivity index (χ4v) is 6.02.